The first-order chi connectivity index (χ1) is 16.0. The molecule has 0 aromatic heterocycles. The number of hydrogen-bond donors (Lipinski definition) is 1. The van der Waals surface area contributed by atoms with E-state index in [-0.39, 0.29) is 19.8 Å². The minimum Gasteiger partial charge on any atom is -0.457 e. The Morgan fingerprint density at radius 1 is 0.758 bits per heavy atom. The summed E-state index contributed by atoms with van der Waals surface area (Å²) >= 11 is 0. The van der Waals surface area contributed by atoms with Crippen LogP contribution in [0.2, 0.25) is 0 Å². The fraction of sp³-hybridized carbons (Fsp3) is 0.960. The van der Waals surface area contributed by atoms with Crippen LogP contribution >= 0.6 is 7.60 Å². The van der Waals surface area contributed by atoms with Crippen LogP contribution in [0.3, 0.4) is 0 Å². The maximum atomic E-state index is 11.7. The van der Waals surface area contributed by atoms with Gasteiger partial charge in [-0.1, -0.05) is 103 Å². The van der Waals surface area contributed by atoms with Crippen LogP contribution in [0.4, 0.5) is 4.79 Å². The molecule has 198 valence electrons. The fourth-order valence-electron chi connectivity index (χ4n) is 3.59. The van der Waals surface area contributed by atoms with Crippen LogP contribution in [0.15, 0.2) is 0 Å². The van der Waals surface area contributed by atoms with Crippen molar-refractivity contribution in [2.24, 2.45) is 0 Å². The Hall–Kier alpha value is -0.460. The van der Waals surface area contributed by atoms with E-state index in [1.807, 2.05) is 0 Å². The first kappa shape index (κ1) is 32.5. The predicted octanol–water partition coefficient (Wildman–Crippen LogP) is 7.64. The summed E-state index contributed by atoms with van der Waals surface area (Å²) in [6.45, 7) is 4.50. The molecule has 0 saturated heterocycles. The van der Waals surface area contributed by atoms with Gasteiger partial charge in [-0.05, 0) is 13.3 Å². The highest BCUT2D eigenvalue weighted by atomic mass is 31.2. The van der Waals surface area contributed by atoms with Gasteiger partial charge in [0.2, 0.25) is 0 Å². The summed E-state index contributed by atoms with van der Waals surface area (Å²) in [6, 6.07) is 0. The highest BCUT2D eigenvalue weighted by molar-refractivity contribution is 7.70. The Kier molecular flexibility index (Phi) is 23.0. The van der Waals surface area contributed by atoms with Gasteiger partial charge in [0.05, 0.1) is 19.8 Å². The molecule has 0 aromatic carbocycles. The van der Waals surface area contributed by atoms with Crippen molar-refractivity contribution in [2.45, 2.75) is 123 Å². The minimum atomic E-state index is -4.44. The van der Waals surface area contributed by atoms with Crippen LogP contribution in [0.5, 0.6) is 0 Å². The van der Waals surface area contributed by atoms with Crippen LogP contribution in [-0.4, -0.2) is 50.2 Å². The average molecular weight is 495 g/mol. The largest absolute Gasteiger partial charge is 0.457 e. The van der Waals surface area contributed by atoms with Crippen LogP contribution in [0.25, 0.3) is 0 Å². The van der Waals surface area contributed by atoms with Crippen molar-refractivity contribution in [3.05, 3.63) is 0 Å². The predicted molar refractivity (Wildman–Crippen MR) is 134 cm³/mol. The second kappa shape index (κ2) is 23.3. The number of carbonyl (C=O) groups is 1. The molecule has 2 atom stereocenters. The third kappa shape index (κ3) is 20.6. The second-order valence-electron chi connectivity index (χ2n) is 8.75. The number of carbonyl (C=O) groups excluding carboxylic acids is 1. The highest BCUT2D eigenvalue weighted by Gasteiger charge is 2.33. The van der Waals surface area contributed by atoms with Gasteiger partial charge in [0.25, 0.3) is 0 Å². The SMILES string of the molecule is CCCCCCCCCCCCCCCCCCOC[C@H](COP(=O)(O)C(=O)OCC)OC. The normalized spacial score (nSPS) is 14.2. The van der Waals surface area contributed by atoms with Crippen molar-refractivity contribution >= 4 is 13.3 Å². The molecule has 0 rings (SSSR count). The fourth-order valence-corrected chi connectivity index (χ4v) is 4.36. The van der Waals surface area contributed by atoms with Crippen LogP contribution < -0.4 is 0 Å². The van der Waals surface area contributed by atoms with E-state index in [4.69, 9.17) is 14.0 Å². The molecule has 1 unspecified atom stereocenters. The summed E-state index contributed by atoms with van der Waals surface area (Å²) < 4.78 is 31.8. The lowest BCUT2D eigenvalue weighted by Crippen LogP contribution is -2.25. The Balaban J connectivity index is 3.45. The lowest BCUT2D eigenvalue weighted by molar-refractivity contribution is -0.0169. The number of ether oxygens (including phenoxy) is 3. The van der Waals surface area contributed by atoms with Gasteiger partial charge in [0, 0.05) is 13.7 Å². The quantitative estimate of drug-likeness (QED) is 0.103. The smallest absolute Gasteiger partial charge is 0.435 e. The summed E-state index contributed by atoms with van der Waals surface area (Å²) in [5, 5.41) is 0. The monoisotopic (exact) mass is 494 g/mol. The molecule has 0 aliphatic carbocycles. The van der Waals surface area contributed by atoms with Gasteiger partial charge < -0.3 is 19.1 Å². The molecule has 0 fully saturated rings. The molecule has 0 heterocycles. The minimum absolute atomic E-state index is 0.0167. The van der Waals surface area contributed by atoms with Crippen molar-refractivity contribution in [3.63, 3.8) is 0 Å². The standard InChI is InChI=1S/C25H51O7P/c1-4-6-7-8-9-10-11-12-13-14-15-16-17-18-19-20-21-30-22-24(29-3)23-32-33(27,28)25(26)31-5-2/h24H,4-23H2,1-3H3,(H,27,28)/t24-/m1/s1. The van der Waals surface area contributed by atoms with E-state index in [1.165, 1.54) is 97.0 Å². The molecule has 1 N–H and O–H groups in total. The number of unbranched alkanes of at least 4 members (excludes halogenated alkanes) is 15. The van der Waals surface area contributed by atoms with Crippen LogP contribution in [-0.2, 0) is 23.3 Å². The molecule has 0 aliphatic heterocycles. The molecule has 0 radical (unpaired) electrons. The second-order valence-corrected chi connectivity index (χ2v) is 10.4. The molecule has 0 saturated carbocycles. The first-order valence-corrected chi connectivity index (χ1v) is 14.8. The summed E-state index contributed by atoms with van der Waals surface area (Å²) in [5.41, 5.74) is -1.24. The van der Waals surface area contributed by atoms with E-state index >= 15 is 0 Å². The maximum Gasteiger partial charge on any atom is 0.435 e. The molecule has 0 spiro atoms. The van der Waals surface area contributed by atoms with E-state index in [0.717, 1.165) is 12.8 Å². The van der Waals surface area contributed by atoms with Gasteiger partial charge in [-0.3, -0.25) is 4.52 Å². The third-order valence-electron chi connectivity index (χ3n) is 5.71. The van der Waals surface area contributed by atoms with Gasteiger partial charge in [-0.2, -0.15) is 0 Å². The van der Waals surface area contributed by atoms with Crippen molar-refractivity contribution in [2.75, 3.05) is 33.5 Å². The summed E-state index contributed by atoms with van der Waals surface area (Å²) in [7, 11) is -2.97. The maximum absolute atomic E-state index is 11.7. The zero-order valence-corrected chi connectivity index (χ0v) is 22.5. The molecule has 7 nitrogen and oxygen atoms in total. The van der Waals surface area contributed by atoms with Gasteiger partial charge in [-0.15, -0.1) is 0 Å². The lowest BCUT2D eigenvalue weighted by Gasteiger charge is -2.17. The molecule has 0 bridgehead atoms. The van der Waals surface area contributed by atoms with E-state index in [1.54, 1.807) is 6.92 Å². The van der Waals surface area contributed by atoms with E-state index < -0.39 is 19.4 Å². The number of methoxy groups -OCH3 is 1. The summed E-state index contributed by atoms with van der Waals surface area (Å²) in [4.78, 5) is 20.9. The van der Waals surface area contributed by atoms with E-state index in [9.17, 15) is 14.3 Å². The van der Waals surface area contributed by atoms with Gasteiger partial charge in [0.15, 0.2) is 0 Å². The molecule has 8 heteroatoms. The van der Waals surface area contributed by atoms with E-state index in [2.05, 4.69) is 11.7 Å². The van der Waals surface area contributed by atoms with Gasteiger partial charge in [0.1, 0.15) is 6.10 Å². The Morgan fingerprint density at radius 3 is 1.64 bits per heavy atom. The third-order valence-corrected chi connectivity index (χ3v) is 6.80. The topological polar surface area (TPSA) is 91.3 Å². The van der Waals surface area contributed by atoms with E-state index in [0.29, 0.717) is 6.61 Å². The summed E-state index contributed by atoms with van der Waals surface area (Å²) in [6.07, 6.45) is 20.8. The zero-order chi connectivity index (χ0) is 24.6. The number of hydrogen-bond acceptors (Lipinski definition) is 6. The average Bonchev–Trinajstić information content (AvgIpc) is 2.80. The molecule has 0 aromatic rings. The van der Waals surface area contributed by atoms with Gasteiger partial charge in [-0.25, -0.2) is 9.36 Å². The number of rotatable bonds is 25. The Bertz CT molecular complexity index is 487. The van der Waals surface area contributed by atoms with Crippen molar-refractivity contribution in [3.8, 4) is 0 Å². The Labute approximate surface area is 202 Å². The van der Waals surface area contributed by atoms with Crippen molar-refractivity contribution in [1.29, 1.82) is 0 Å². The molecule has 0 aliphatic rings. The van der Waals surface area contributed by atoms with Crippen LogP contribution in [0.1, 0.15) is 117 Å². The van der Waals surface area contributed by atoms with Crippen LogP contribution in [0, 0.1) is 0 Å². The lowest BCUT2D eigenvalue weighted by atomic mass is 10.0. The van der Waals surface area contributed by atoms with Gasteiger partial charge >= 0.3 is 13.3 Å². The van der Waals surface area contributed by atoms with Crippen molar-refractivity contribution in [1.82, 2.24) is 0 Å². The summed E-state index contributed by atoms with van der Waals surface area (Å²) in [5.74, 6) is 0. The highest BCUT2D eigenvalue weighted by Crippen LogP contribution is 2.44. The van der Waals surface area contributed by atoms with Crippen molar-refractivity contribution < 1.29 is 33.0 Å². The molecule has 33 heavy (non-hydrogen) atoms. The Morgan fingerprint density at radius 2 is 1.21 bits per heavy atom. The molecule has 0 amide bonds. The molecular weight excluding hydrogens is 443 g/mol. The first-order valence-electron chi connectivity index (χ1n) is 13.2. The molecular formula is C25H51O7P. The zero-order valence-electron chi connectivity index (χ0n) is 21.6.